The smallest absolute Gasteiger partial charge is 0.326 e. The van der Waals surface area contributed by atoms with Crippen LogP contribution in [0.4, 0.5) is 0 Å². The van der Waals surface area contributed by atoms with Crippen molar-refractivity contribution in [1.29, 1.82) is 0 Å². The molecule has 0 radical (unpaired) electrons. The number of aliphatic hydroxyl groups excluding tert-OH is 2. The van der Waals surface area contributed by atoms with Gasteiger partial charge in [-0.15, -0.1) is 0 Å². The maximum atomic E-state index is 12.5. The summed E-state index contributed by atoms with van der Waals surface area (Å²) in [5.74, 6) is -6.18. The third-order valence-electron chi connectivity index (χ3n) is 4.19. The van der Waals surface area contributed by atoms with Crippen LogP contribution in [0.25, 0.3) is 0 Å². The Bertz CT molecular complexity index is 813. The zero-order valence-electron chi connectivity index (χ0n) is 17.0. The molecule has 1 aromatic rings. The maximum Gasteiger partial charge on any atom is 0.326 e. The zero-order chi connectivity index (χ0) is 24.4. The Hall–Kier alpha value is -3.56. The molecule has 3 amide bonds. The van der Waals surface area contributed by atoms with Gasteiger partial charge in [0.05, 0.1) is 37.2 Å². The maximum absolute atomic E-state index is 12.5. The number of hydrogen-bond donors (Lipinski definition) is 9. The number of aliphatic hydroxyl groups is 2. The number of hydrogen-bond acceptors (Lipinski definition) is 9. The molecule has 0 aliphatic heterocycles. The average Bonchev–Trinajstić information content (AvgIpc) is 3.21. The second-order valence-electron chi connectivity index (χ2n) is 6.84. The Morgan fingerprint density at radius 2 is 1.69 bits per heavy atom. The van der Waals surface area contributed by atoms with E-state index in [1.165, 1.54) is 19.4 Å². The number of aromatic nitrogens is 2. The van der Waals surface area contributed by atoms with E-state index in [0.29, 0.717) is 5.69 Å². The van der Waals surface area contributed by atoms with Gasteiger partial charge in [0.15, 0.2) is 0 Å². The number of rotatable bonds is 13. The van der Waals surface area contributed by atoms with E-state index in [9.17, 15) is 34.2 Å². The normalized spacial score (nSPS) is 15.5. The van der Waals surface area contributed by atoms with Gasteiger partial charge in [-0.3, -0.25) is 19.2 Å². The molecule has 32 heavy (non-hydrogen) atoms. The summed E-state index contributed by atoms with van der Waals surface area (Å²) in [5, 5.41) is 43.1. The molecule has 1 rings (SSSR count). The number of nitrogens with zero attached hydrogens (tertiary/aromatic N) is 1. The Morgan fingerprint density at radius 1 is 1.06 bits per heavy atom. The predicted molar refractivity (Wildman–Crippen MR) is 105 cm³/mol. The molecule has 0 fully saturated rings. The number of imidazole rings is 1. The van der Waals surface area contributed by atoms with Gasteiger partial charge in [-0.05, 0) is 6.92 Å². The van der Waals surface area contributed by atoms with E-state index in [1.807, 2.05) is 5.32 Å². The van der Waals surface area contributed by atoms with Crippen LogP contribution in [0.2, 0.25) is 0 Å². The number of carbonyl (C=O) groups is 5. The van der Waals surface area contributed by atoms with Crippen molar-refractivity contribution in [3.8, 4) is 0 Å². The zero-order valence-corrected chi connectivity index (χ0v) is 17.0. The number of aliphatic carboxylic acids is 2. The molecule has 1 aromatic heterocycles. The fourth-order valence-electron chi connectivity index (χ4n) is 2.49. The Balaban J connectivity index is 2.79. The number of carboxylic acids is 2. The van der Waals surface area contributed by atoms with Crippen LogP contribution in [0.3, 0.4) is 0 Å². The van der Waals surface area contributed by atoms with Crippen LogP contribution in [0, 0.1) is 0 Å². The van der Waals surface area contributed by atoms with E-state index in [-0.39, 0.29) is 6.42 Å². The third kappa shape index (κ3) is 8.29. The highest BCUT2D eigenvalue weighted by atomic mass is 16.4. The lowest BCUT2D eigenvalue weighted by molar-refractivity contribution is -0.147. The first-order chi connectivity index (χ1) is 15.0. The largest absolute Gasteiger partial charge is 0.481 e. The molecule has 0 spiro atoms. The Kier molecular flexibility index (Phi) is 10.2. The highest BCUT2D eigenvalue weighted by Crippen LogP contribution is 2.01. The van der Waals surface area contributed by atoms with Crippen LogP contribution in [-0.4, -0.2) is 96.9 Å². The monoisotopic (exact) mass is 458 g/mol. The summed E-state index contributed by atoms with van der Waals surface area (Å²) in [4.78, 5) is 65.4. The van der Waals surface area contributed by atoms with Gasteiger partial charge in [0, 0.05) is 12.6 Å². The van der Waals surface area contributed by atoms with Crippen molar-refractivity contribution < 1.29 is 44.4 Å². The number of carbonyl (C=O) groups excluding carboxylic acids is 3. The molecule has 0 saturated carbocycles. The minimum Gasteiger partial charge on any atom is -0.481 e. The summed E-state index contributed by atoms with van der Waals surface area (Å²) >= 11 is 0. The number of carboxylic acid groups (broad SMARTS) is 2. The first kappa shape index (κ1) is 26.5. The van der Waals surface area contributed by atoms with Crippen LogP contribution >= 0.6 is 0 Å². The van der Waals surface area contributed by atoms with Gasteiger partial charge in [-0.25, -0.2) is 9.78 Å². The van der Waals surface area contributed by atoms with Crippen LogP contribution in [0.15, 0.2) is 12.5 Å². The van der Waals surface area contributed by atoms with Crippen LogP contribution in [-0.2, 0) is 30.4 Å². The number of aromatic amines is 1. The van der Waals surface area contributed by atoms with Gasteiger partial charge in [0.2, 0.25) is 17.7 Å². The molecule has 0 aliphatic rings. The van der Waals surface area contributed by atoms with Gasteiger partial charge in [-0.1, -0.05) is 0 Å². The summed E-state index contributed by atoms with van der Waals surface area (Å²) in [5.41, 5.74) is 6.25. The van der Waals surface area contributed by atoms with Gasteiger partial charge in [-0.2, -0.15) is 0 Å². The topological polar surface area (TPSA) is 257 Å². The number of nitrogens with one attached hydrogen (secondary N) is 4. The molecular formula is C17H26N6O9. The van der Waals surface area contributed by atoms with E-state index >= 15 is 0 Å². The molecule has 0 unspecified atom stereocenters. The lowest BCUT2D eigenvalue weighted by Gasteiger charge is -2.25. The average molecular weight is 458 g/mol. The third-order valence-corrected chi connectivity index (χ3v) is 4.19. The Morgan fingerprint density at radius 3 is 2.16 bits per heavy atom. The summed E-state index contributed by atoms with van der Waals surface area (Å²) in [6.07, 6.45) is 0.569. The molecule has 0 saturated heterocycles. The predicted octanol–water partition coefficient (Wildman–Crippen LogP) is -4.33. The fraction of sp³-hybridized carbons (Fsp3) is 0.529. The highest BCUT2D eigenvalue weighted by Gasteiger charge is 2.32. The van der Waals surface area contributed by atoms with Crippen molar-refractivity contribution >= 4 is 29.7 Å². The van der Waals surface area contributed by atoms with Gasteiger partial charge in [0.1, 0.15) is 18.1 Å². The lowest BCUT2D eigenvalue weighted by Crippen LogP contribution is -2.60. The van der Waals surface area contributed by atoms with Crippen molar-refractivity contribution in [3.05, 3.63) is 18.2 Å². The first-order valence-corrected chi connectivity index (χ1v) is 9.34. The van der Waals surface area contributed by atoms with Crippen molar-refractivity contribution in [2.75, 3.05) is 6.61 Å². The van der Waals surface area contributed by atoms with E-state index in [1.54, 1.807) is 0 Å². The number of amides is 3. The second kappa shape index (κ2) is 12.3. The first-order valence-electron chi connectivity index (χ1n) is 9.34. The molecule has 5 atom stereocenters. The van der Waals surface area contributed by atoms with Crippen LogP contribution in [0.5, 0.6) is 0 Å². The number of H-pyrrole nitrogens is 1. The van der Waals surface area contributed by atoms with Crippen molar-refractivity contribution in [1.82, 2.24) is 25.9 Å². The molecule has 0 aliphatic carbocycles. The summed E-state index contributed by atoms with van der Waals surface area (Å²) < 4.78 is 0. The highest BCUT2D eigenvalue weighted by molar-refractivity contribution is 5.95. The SMILES string of the molecule is C[C@@H](O)[C@H](NC(=O)[C@@H](N)Cc1c[nH]cn1)C(=O)N[C@@H](CO)C(=O)N[C@@H](CC(=O)O)C(=O)O. The van der Waals surface area contributed by atoms with Gasteiger partial charge >= 0.3 is 11.9 Å². The van der Waals surface area contributed by atoms with Gasteiger partial charge in [0.25, 0.3) is 0 Å². The fourth-order valence-corrected chi connectivity index (χ4v) is 2.49. The van der Waals surface area contributed by atoms with Crippen molar-refractivity contribution in [2.24, 2.45) is 5.73 Å². The van der Waals surface area contributed by atoms with E-state index in [4.69, 9.17) is 15.9 Å². The quantitative estimate of drug-likeness (QED) is 0.136. The van der Waals surface area contributed by atoms with E-state index in [2.05, 4.69) is 20.6 Å². The standard InChI is InChI=1S/C17H26N6O9/c1-7(25)13(23-14(28)9(18)2-8-4-19-6-20-8)16(30)22-11(5-24)15(29)21-10(17(31)32)3-12(26)27/h4,6-7,9-11,13,24-25H,2-3,5,18H2,1H3,(H,19,20)(H,21,29)(H,22,30)(H,23,28)(H,26,27)(H,31,32)/t7-,9+,10+,11+,13+/m1/s1. The minimum atomic E-state index is -1.81. The molecule has 0 aromatic carbocycles. The molecular weight excluding hydrogens is 432 g/mol. The molecule has 15 nitrogen and oxygen atoms in total. The molecule has 0 bridgehead atoms. The van der Waals surface area contributed by atoms with Crippen molar-refractivity contribution in [3.63, 3.8) is 0 Å². The van der Waals surface area contributed by atoms with Crippen LogP contribution < -0.4 is 21.7 Å². The summed E-state index contributed by atoms with van der Waals surface area (Å²) in [7, 11) is 0. The Labute approximate surface area is 181 Å². The van der Waals surface area contributed by atoms with Gasteiger partial charge < -0.3 is 47.1 Å². The molecule has 10 N–H and O–H groups in total. The second-order valence-corrected chi connectivity index (χ2v) is 6.84. The number of nitrogens with two attached hydrogens (primary N) is 1. The van der Waals surface area contributed by atoms with E-state index in [0.717, 1.165) is 0 Å². The molecule has 15 heteroatoms. The lowest BCUT2D eigenvalue weighted by atomic mass is 10.1. The minimum absolute atomic E-state index is 0.0330. The molecule has 178 valence electrons. The van der Waals surface area contributed by atoms with Crippen LogP contribution in [0.1, 0.15) is 19.0 Å². The van der Waals surface area contributed by atoms with E-state index < -0.39 is 73.0 Å². The summed E-state index contributed by atoms with van der Waals surface area (Å²) in [6, 6.07) is -6.17. The summed E-state index contributed by atoms with van der Waals surface area (Å²) in [6.45, 7) is 0.210. The van der Waals surface area contributed by atoms with Crippen molar-refractivity contribution in [2.45, 2.75) is 50.0 Å². The molecule has 1 heterocycles.